The number of piperidine rings is 1. The molecule has 0 aliphatic carbocycles. The van der Waals surface area contributed by atoms with Crippen LogP contribution >= 0.6 is 11.6 Å². The average molecular weight is 403 g/mol. The van der Waals surface area contributed by atoms with Crippen LogP contribution in [0.1, 0.15) is 36.0 Å². The third kappa shape index (κ3) is 4.24. The molecule has 2 saturated heterocycles. The summed E-state index contributed by atoms with van der Waals surface area (Å²) in [6.45, 7) is 4.76. The molecule has 28 heavy (non-hydrogen) atoms. The Balaban J connectivity index is 1.33. The van der Waals surface area contributed by atoms with Gasteiger partial charge in [-0.1, -0.05) is 11.6 Å². The summed E-state index contributed by atoms with van der Waals surface area (Å²) < 4.78 is 5.74. The summed E-state index contributed by atoms with van der Waals surface area (Å²) in [5, 5.41) is 4.17. The monoisotopic (exact) mass is 402 g/mol. The largest absolute Gasteiger partial charge is 0.397 e. The minimum absolute atomic E-state index is 0.146. The van der Waals surface area contributed by atoms with Crippen molar-refractivity contribution in [3.05, 3.63) is 35.0 Å². The Kier molecular flexibility index (Phi) is 5.99. The molecule has 0 bridgehead atoms. The number of pyridine rings is 1. The highest BCUT2D eigenvalue weighted by molar-refractivity contribution is 6.35. The fourth-order valence-electron chi connectivity index (χ4n) is 4.19. The number of nitrogen functional groups attached to an aromatic ring is 1. The summed E-state index contributed by atoms with van der Waals surface area (Å²) in [6.07, 6.45) is 6.63. The predicted octanol–water partition coefficient (Wildman–Crippen LogP) is 3.09. The van der Waals surface area contributed by atoms with Crippen LogP contribution < -0.4 is 11.1 Å². The molecular weight excluding hydrogens is 376 g/mol. The summed E-state index contributed by atoms with van der Waals surface area (Å²) in [7, 11) is 0. The van der Waals surface area contributed by atoms with Crippen LogP contribution in [-0.4, -0.2) is 54.7 Å². The first-order valence-electron chi connectivity index (χ1n) is 10.1. The van der Waals surface area contributed by atoms with Crippen LogP contribution in [0.4, 0.5) is 5.69 Å². The molecule has 7 heteroatoms. The number of likely N-dealkylation sites (tertiary alicyclic amines) is 1. The van der Waals surface area contributed by atoms with Crippen molar-refractivity contribution in [1.82, 2.24) is 15.2 Å². The molecule has 1 aromatic heterocycles. The zero-order valence-electron chi connectivity index (χ0n) is 16.0. The first-order valence-corrected chi connectivity index (χ1v) is 10.4. The van der Waals surface area contributed by atoms with Crippen molar-refractivity contribution in [1.29, 1.82) is 0 Å². The van der Waals surface area contributed by atoms with Crippen LogP contribution in [-0.2, 0) is 4.74 Å². The fourth-order valence-corrected chi connectivity index (χ4v) is 4.40. The number of rotatable bonds is 5. The molecule has 1 amide bonds. The van der Waals surface area contributed by atoms with Crippen molar-refractivity contribution in [3.8, 4) is 0 Å². The van der Waals surface area contributed by atoms with Crippen molar-refractivity contribution < 1.29 is 9.53 Å². The van der Waals surface area contributed by atoms with Gasteiger partial charge in [0.25, 0.3) is 5.91 Å². The quantitative estimate of drug-likeness (QED) is 0.751. The number of fused-ring (bicyclic) bond motifs is 1. The van der Waals surface area contributed by atoms with Crippen molar-refractivity contribution in [2.24, 2.45) is 5.92 Å². The summed E-state index contributed by atoms with van der Waals surface area (Å²) in [5.41, 5.74) is 7.56. The molecule has 0 spiro atoms. The molecule has 0 radical (unpaired) electrons. The van der Waals surface area contributed by atoms with Gasteiger partial charge >= 0.3 is 0 Å². The molecule has 150 valence electrons. The maximum atomic E-state index is 12.8. The lowest BCUT2D eigenvalue weighted by Crippen LogP contribution is -2.41. The molecule has 3 heterocycles. The number of benzene rings is 1. The Morgan fingerprint density at radius 2 is 2.18 bits per heavy atom. The number of aromatic nitrogens is 1. The first kappa shape index (κ1) is 19.4. The minimum atomic E-state index is -0.146. The molecular formula is C21H27ClN4O2. The van der Waals surface area contributed by atoms with E-state index in [9.17, 15) is 4.79 Å². The summed E-state index contributed by atoms with van der Waals surface area (Å²) in [4.78, 5) is 19.6. The van der Waals surface area contributed by atoms with Gasteiger partial charge in [-0.05, 0) is 62.9 Å². The Morgan fingerprint density at radius 3 is 2.93 bits per heavy atom. The van der Waals surface area contributed by atoms with Gasteiger partial charge in [-0.3, -0.25) is 9.78 Å². The van der Waals surface area contributed by atoms with Crippen molar-refractivity contribution in [2.75, 3.05) is 38.5 Å². The SMILES string of the molecule is Nc1c(Cl)cc(C(=O)NCC2CCN(C[C@H]3CCCO3)CC2)c2ncccc12. The third-order valence-electron chi connectivity index (χ3n) is 5.87. The van der Waals surface area contributed by atoms with E-state index in [1.807, 2.05) is 6.07 Å². The molecule has 2 aliphatic heterocycles. The van der Waals surface area contributed by atoms with Crippen LogP contribution in [0.15, 0.2) is 24.4 Å². The number of hydrogen-bond donors (Lipinski definition) is 2. The standard InChI is InChI=1S/C21H27ClN4O2/c22-18-11-17(20-16(19(18)23)4-1-7-24-20)21(27)25-12-14-5-8-26(9-6-14)13-15-3-2-10-28-15/h1,4,7,11,14-15H,2-3,5-6,8-10,12-13,23H2,(H,25,27)/t15-/m1/s1. The number of carbonyl (C=O) groups is 1. The van der Waals surface area contributed by atoms with Crippen LogP contribution in [0, 0.1) is 5.92 Å². The highest BCUT2D eigenvalue weighted by Gasteiger charge is 2.24. The summed E-state index contributed by atoms with van der Waals surface area (Å²) in [6, 6.07) is 5.25. The smallest absolute Gasteiger partial charge is 0.253 e. The van der Waals surface area contributed by atoms with Gasteiger partial charge in [-0.15, -0.1) is 0 Å². The van der Waals surface area contributed by atoms with Crippen LogP contribution in [0.25, 0.3) is 10.9 Å². The first-order chi connectivity index (χ1) is 13.6. The van der Waals surface area contributed by atoms with E-state index in [1.54, 1.807) is 18.3 Å². The topological polar surface area (TPSA) is 80.5 Å². The van der Waals surface area contributed by atoms with Gasteiger partial charge in [0, 0.05) is 31.3 Å². The van der Waals surface area contributed by atoms with Gasteiger partial charge in [-0.25, -0.2) is 0 Å². The number of ether oxygens (including phenoxy) is 1. The summed E-state index contributed by atoms with van der Waals surface area (Å²) in [5.74, 6) is 0.348. The number of nitrogens with zero attached hydrogens (tertiary/aromatic N) is 2. The highest BCUT2D eigenvalue weighted by atomic mass is 35.5. The molecule has 1 aromatic carbocycles. The van der Waals surface area contributed by atoms with Crippen LogP contribution in [0.2, 0.25) is 5.02 Å². The number of anilines is 1. The van der Waals surface area contributed by atoms with E-state index in [0.29, 0.717) is 45.7 Å². The van der Waals surface area contributed by atoms with Gasteiger partial charge in [0.15, 0.2) is 0 Å². The third-order valence-corrected chi connectivity index (χ3v) is 6.18. The second-order valence-electron chi connectivity index (χ2n) is 7.81. The van der Waals surface area contributed by atoms with Crippen LogP contribution in [0.3, 0.4) is 0 Å². The van der Waals surface area contributed by atoms with E-state index in [-0.39, 0.29) is 5.91 Å². The van der Waals surface area contributed by atoms with E-state index in [0.717, 1.165) is 39.1 Å². The molecule has 2 aliphatic rings. The highest BCUT2D eigenvalue weighted by Crippen LogP contribution is 2.30. The lowest BCUT2D eigenvalue weighted by Gasteiger charge is -2.33. The van der Waals surface area contributed by atoms with E-state index in [4.69, 9.17) is 22.1 Å². The zero-order chi connectivity index (χ0) is 19.5. The van der Waals surface area contributed by atoms with Gasteiger partial charge in [-0.2, -0.15) is 0 Å². The van der Waals surface area contributed by atoms with Gasteiger partial charge in [0.2, 0.25) is 0 Å². The molecule has 4 rings (SSSR count). The molecule has 6 nitrogen and oxygen atoms in total. The number of hydrogen-bond acceptors (Lipinski definition) is 5. The molecule has 0 unspecified atom stereocenters. The lowest BCUT2D eigenvalue weighted by molar-refractivity contribution is 0.0595. The predicted molar refractivity (Wildman–Crippen MR) is 112 cm³/mol. The van der Waals surface area contributed by atoms with E-state index < -0.39 is 0 Å². The van der Waals surface area contributed by atoms with E-state index in [1.165, 1.54) is 12.8 Å². The molecule has 3 N–H and O–H groups in total. The number of nitrogens with one attached hydrogen (secondary N) is 1. The zero-order valence-corrected chi connectivity index (χ0v) is 16.8. The number of nitrogens with two attached hydrogens (primary N) is 1. The van der Waals surface area contributed by atoms with E-state index in [2.05, 4.69) is 15.2 Å². The Hall–Kier alpha value is -1.89. The average Bonchev–Trinajstić information content (AvgIpc) is 3.23. The van der Waals surface area contributed by atoms with Gasteiger partial charge in [0.05, 0.1) is 27.9 Å². The Labute approximate surface area is 170 Å². The second kappa shape index (κ2) is 8.64. The molecule has 2 aromatic rings. The summed E-state index contributed by atoms with van der Waals surface area (Å²) >= 11 is 6.22. The Bertz CT molecular complexity index is 846. The Morgan fingerprint density at radius 1 is 1.36 bits per heavy atom. The van der Waals surface area contributed by atoms with Crippen LogP contribution in [0.5, 0.6) is 0 Å². The molecule has 2 fully saturated rings. The molecule has 1 atom stereocenters. The van der Waals surface area contributed by atoms with E-state index >= 15 is 0 Å². The number of halogens is 1. The normalized spacial score (nSPS) is 21.2. The van der Waals surface area contributed by atoms with Gasteiger partial charge < -0.3 is 20.7 Å². The fraction of sp³-hybridized carbons (Fsp3) is 0.524. The van der Waals surface area contributed by atoms with Crippen molar-refractivity contribution in [3.63, 3.8) is 0 Å². The maximum absolute atomic E-state index is 12.8. The van der Waals surface area contributed by atoms with Crippen molar-refractivity contribution >= 4 is 34.1 Å². The minimum Gasteiger partial charge on any atom is -0.397 e. The lowest BCUT2D eigenvalue weighted by atomic mass is 9.96. The van der Waals surface area contributed by atoms with Gasteiger partial charge in [0.1, 0.15) is 0 Å². The van der Waals surface area contributed by atoms with Crippen molar-refractivity contribution in [2.45, 2.75) is 31.8 Å². The number of carbonyl (C=O) groups excluding carboxylic acids is 1. The molecule has 0 saturated carbocycles. The maximum Gasteiger partial charge on any atom is 0.253 e. The second-order valence-corrected chi connectivity index (χ2v) is 8.22. The number of amides is 1.